The first-order valence-electron chi connectivity index (χ1n) is 5.57. The van der Waals surface area contributed by atoms with Crippen LogP contribution in [0.2, 0.25) is 0 Å². The lowest BCUT2D eigenvalue weighted by molar-refractivity contribution is 0.167. The van der Waals surface area contributed by atoms with E-state index in [1.807, 2.05) is 23.7 Å². The highest BCUT2D eigenvalue weighted by Gasteiger charge is 2.05. The lowest BCUT2D eigenvalue weighted by atomic mass is 10.3. The van der Waals surface area contributed by atoms with Crippen LogP contribution in [0.1, 0.15) is 19.0 Å². The molecule has 6 heteroatoms. The maximum Gasteiger partial charge on any atom is 0.155 e. The van der Waals surface area contributed by atoms with Gasteiger partial charge in [0.15, 0.2) is 5.65 Å². The number of imidazole rings is 1. The number of fused-ring (bicyclic) bond motifs is 1. The van der Waals surface area contributed by atoms with E-state index in [-0.39, 0.29) is 6.10 Å². The zero-order valence-electron chi connectivity index (χ0n) is 9.60. The van der Waals surface area contributed by atoms with Crippen molar-refractivity contribution in [2.24, 2.45) is 0 Å². The van der Waals surface area contributed by atoms with Crippen molar-refractivity contribution < 1.29 is 5.11 Å². The number of rotatable bonds is 5. The van der Waals surface area contributed by atoms with E-state index in [9.17, 15) is 5.11 Å². The Kier molecular flexibility index (Phi) is 4.09. The minimum absolute atomic E-state index is 0.289. The van der Waals surface area contributed by atoms with Gasteiger partial charge in [0.25, 0.3) is 0 Å². The average Bonchev–Trinajstić information content (AvgIpc) is 2.72. The van der Waals surface area contributed by atoms with Gasteiger partial charge >= 0.3 is 0 Å². The standard InChI is InChI=1S/C11H15BrN4O/c1-2-9(17)5-13-3-8-4-15-11-6-14-10(12)7-16(8)11/h4,6-7,9,13,17H,2-3,5H2,1H3. The summed E-state index contributed by atoms with van der Waals surface area (Å²) < 4.78 is 2.75. The molecule has 0 aliphatic rings. The molecule has 0 aliphatic carbocycles. The van der Waals surface area contributed by atoms with Crippen molar-refractivity contribution in [1.82, 2.24) is 19.7 Å². The van der Waals surface area contributed by atoms with Crippen LogP contribution in [0, 0.1) is 0 Å². The second kappa shape index (κ2) is 5.57. The molecule has 0 bridgehead atoms. The molecule has 2 aromatic rings. The molecule has 0 aromatic carbocycles. The summed E-state index contributed by atoms with van der Waals surface area (Å²) in [5.41, 5.74) is 1.87. The smallest absolute Gasteiger partial charge is 0.155 e. The molecular formula is C11H15BrN4O. The fourth-order valence-electron chi connectivity index (χ4n) is 1.56. The monoisotopic (exact) mass is 298 g/mol. The number of aliphatic hydroxyl groups excluding tert-OH is 1. The Morgan fingerprint density at radius 3 is 3.06 bits per heavy atom. The number of nitrogens with zero attached hydrogens (tertiary/aromatic N) is 3. The van der Waals surface area contributed by atoms with Crippen LogP contribution < -0.4 is 5.32 Å². The summed E-state index contributed by atoms with van der Waals surface area (Å²) in [6.45, 7) is 3.23. The Balaban J connectivity index is 2.06. The van der Waals surface area contributed by atoms with E-state index in [4.69, 9.17) is 0 Å². The molecule has 0 saturated carbocycles. The van der Waals surface area contributed by atoms with Crippen molar-refractivity contribution in [3.63, 3.8) is 0 Å². The van der Waals surface area contributed by atoms with Gasteiger partial charge in [-0.05, 0) is 22.4 Å². The van der Waals surface area contributed by atoms with E-state index in [1.165, 1.54) is 0 Å². The van der Waals surface area contributed by atoms with Crippen molar-refractivity contribution >= 4 is 21.6 Å². The lowest BCUT2D eigenvalue weighted by Crippen LogP contribution is -2.26. The third-order valence-electron chi connectivity index (χ3n) is 2.60. The van der Waals surface area contributed by atoms with Gasteiger partial charge in [-0.3, -0.25) is 4.40 Å². The molecule has 0 amide bonds. The number of hydrogen-bond donors (Lipinski definition) is 2. The first kappa shape index (κ1) is 12.5. The highest BCUT2D eigenvalue weighted by molar-refractivity contribution is 9.10. The maximum atomic E-state index is 9.44. The summed E-state index contributed by atoms with van der Waals surface area (Å²) in [6, 6.07) is 0. The second-order valence-corrected chi connectivity index (χ2v) is 4.69. The van der Waals surface area contributed by atoms with E-state index < -0.39 is 0 Å². The number of aliphatic hydroxyl groups is 1. The highest BCUT2D eigenvalue weighted by Crippen LogP contribution is 2.10. The third kappa shape index (κ3) is 3.02. The van der Waals surface area contributed by atoms with Crippen LogP contribution in [0.4, 0.5) is 0 Å². The van der Waals surface area contributed by atoms with Gasteiger partial charge < -0.3 is 10.4 Å². The van der Waals surface area contributed by atoms with Crippen molar-refractivity contribution in [2.45, 2.75) is 26.0 Å². The summed E-state index contributed by atoms with van der Waals surface area (Å²) in [5, 5.41) is 12.6. The first-order chi connectivity index (χ1) is 8.20. The summed E-state index contributed by atoms with van der Waals surface area (Å²) in [4.78, 5) is 8.37. The van der Waals surface area contributed by atoms with Crippen molar-refractivity contribution in [3.8, 4) is 0 Å². The molecule has 17 heavy (non-hydrogen) atoms. The molecule has 2 heterocycles. The van der Waals surface area contributed by atoms with Crippen LogP contribution in [0.3, 0.4) is 0 Å². The van der Waals surface area contributed by atoms with E-state index in [0.29, 0.717) is 13.1 Å². The molecule has 1 atom stereocenters. The van der Waals surface area contributed by atoms with Crippen LogP contribution >= 0.6 is 15.9 Å². The van der Waals surface area contributed by atoms with E-state index in [0.717, 1.165) is 22.4 Å². The molecule has 2 aromatic heterocycles. The number of halogens is 1. The van der Waals surface area contributed by atoms with Crippen molar-refractivity contribution in [1.29, 1.82) is 0 Å². The molecule has 0 aliphatic heterocycles. The van der Waals surface area contributed by atoms with Crippen LogP contribution in [0.25, 0.3) is 5.65 Å². The van der Waals surface area contributed by atoms with Gasteiger partial charge in [0, 0.05) is 19.3 Å². The van der Waals surface area contributed by atoms with Crippen LogP contribution in [-0.2, 0) is 6.54 Å². The van der Waals surface area contributed by atoms with Gasteiger partial charge in [0.2, 0.25) is 0 Å². The topological polar surface area (TPSA) is 62.5 Å². The second-order valence-electron chi connectivity index (χ2n) is 3.88. The fraction of sp³-hybridized carbons (Fsp3) is 0.455. The van der Waals surface area contributed by atoms with Crippen molar-refractivity contribution in [3.05, 3.63) is 28.9 Å². The average molecular weight is 299 g/mol. The van der Waals surface area contributed by atoms with E-state index in [1.54, 1.807) is 6.20 Å². The summed E-state index contributed by atoms with van der Waals surface area (Å²) in [7, 11) is 0. The van der Waals surface area contributed by atoms with Gasteiger partial charge in [-0.1, -0.05) is 6.92 Å². The molecule has 2 rings (SSSR count). The SMILES string of the molecule is CCC(O)CNCc1cnc2cnc(Br)cn12. The van der Waals surface area contributed by atoms with Gasteiger partial charge in [0.05, 0.1) is 24.2 Å². The summed E-state index contributed by atoms with van der Waals surface area (Å²) >= 11 is 3.33. The molecule has 0 spiro atoms. The fourth-order valence-corrected chi connectivity index (χ4v) is 1.87. The third-order valence-corrected chi connectivity index (χ3v) is 3.01. The maximum absolute atomic E-state index is 9.44. The number of nitrogens with one attached hydrogen (secondary N) is 1. The Morgan fingerprint density at radius 1 is 1.47 bits per heavy atom. The Hall–Kier alpha value is -0.980. The van der Waals surface area contributed by atoms with Crippen molar-refractivity contribution in [2.75, 3.05) is 6.54 Å². The van der Waals surface area contributed by atoms with E-state index >= 15 is 0 Å². The van der Waals surface area contributed by atoms with Gasteiger partial charge in [0.1, 0.15) is 4.60 Å². The lowest BCUT2D eigenvalue weighted by Gasteiger charge is -2.09. The zero-order chi connectivity index (χ0) is 12.3. The van der Waals surface area contributed by atoms with Gasteiger partial charge in [-0.15, -0.1) is 0 Å². The molecule has 2 N–H and O–H groups in total. The normalized spacial score (nSPS) is 13.1. The summed E-state index contributed by atoms with van der Waals surface area (Å²) in [6.07, 6.45) is 5.89. The quantitative estimate of drug-likeness (QED) is 0.875. The Bertz CT molecular complexity index is 499. The first-order valence-corrected chi connectivity index (χ1v) is 6.36. The Morgan fingerprint density at radius 2 is 2.29 bits per heavy atom. The molecule has 0 saturated heterocycles. The molecular weight excluding hydrogens is 284 g/mol. The highest BCUT2D eigenvalue weighted by atomic mass is 79.9. The predicted molar refractivity (Wildman–Crippen MR) is 68.7 cm³/mol. The molecule has 1 unspecified atom stereocenters. The minimum atomic E-state index is -0.289. The molecule has 0 radical (unpaired) electrons. The predicted octanol–water partition coefficient (Wildman–Crippen LogP) is 1.35. The molecule has 5 nitrogen and oxygen atoms in total. The molecule has 0 fully saturated rings. The number of aromatic nitrogens is 3. The largest absolute Gasteiger partial charge is 0.392 e. The number of hydrogen-bond acceptors (Lipinski definition) is 4. The molecule has 92 valence electrons. The van der Waals surface area contributed by atoms with Crippen LogP contribution in [-0.4, -0.2) is 32.1 Å². The van der Waals surface area contributed by atoms with Gasteiger partial charge in [-0.25, -0.2) is 9.97 Å². The van der Waals surface area contributed by atoms with Crippen LogP contribution in [0.5, 0.6) is 0 Å². The zero-order valence-corrected chi connectivity index (χ0v) is 11.2. The van der Waals surface area contributed by atoms with Crippen LogP contribution in [0.15, 0.2) is 23.2 Å². The Labute approximate surface area is 108 Å². The van der Waals surface area contributed by atoms with E-state index in [2.05, 4.69) is 31.2 Å². The summed E-state index contributed by atoms with van der Waals surface area (Å²) in [5.74, 6) is 0. The minimum Gasteiger partial charge on any atom is -0.392 e. The van der Waals surface area contributed by atoms with Gasteiger partial charge in [-0.2, -0.15) is 0 Å².